The zero-order valence-electron chi connectivity index (χ0n) is 34.1. The number of carbonyl (C=O) groups is 5. The first-order valence-electron chi connectivity index (χ1n) is 18.9. The maximum atomic E-state index is 15.8. The van der Waals surface area contributed by atoms with Crippen LogP contribution in [0, 0.1) is 11.8 Å². The van der Waals surface area contributed by atoms with Crippen molar-refractivity contribution in [2.24, 2.45) is 17.6 Å². The first-order chi connectivity index (χ1) is 29.9. The van der Waals surface area contributed by atoms with Gasteiger partial charge in [-0.2, -0.15) is 48.3 Å². The lowest BCUT2D eigenvalue weighted by Crippen LogP contribution is -2.58. The van der Waals surface area contributed by atoms with E-state index in [0.29, 0.717) is 28.3 Å². The highest BCUT2D eigenvalue weighted by atomic mass is 32.2. The minimum absolute atomic E-state index is 0.0711. The van der Waals surface area contributed by atoms with Crippen LogP contribution in [0.5, 0.6) is 5.75 Å². The number of methoxy groups -OCH3 is 1. The monoisotopic (exact) mass is 962 g/mol. The molecular formula is C40H41F11N4O9S. The highest BCUT2D eigenvalue weighted by molar-refractivity contribution is 7.72. The van der Waals surface area contributed by atoms with E-state index < -0.39 is 130 Å². The van der Waals surface area contributed by atoms with Gasteiger partial charge in [0.1, 0.15) is 28.5 Å². The van der Waals surface area contributed by atoms with E-state index in [-0.39, 0.29) is 17.7 Å². The Hall–Kier alpha value is -5.85. The maximum Gasteiger partial charge on any atom is 0.490 e. The molecule has 5 N–H and O–H groups in total. The van der Waals surface area contributed by atoms with Gasteiger partial charge in [-0.15, -0.1) is 0 Å². The van der Waals surface area contributed by atoms with E-state index in [1.165, 1.54) is 69.5 Å². The molecule has 13 nitrogen and oxygen atoms in total. The third kappa shape index (κ3) is 13.8. The Morgan fingerprint density at radius 1 is 0.800 bits per heavy atom. The first kappa shape index (κ1) is 53.5. The average Bonchev–Trinajstić information content (AvgIpc) is 3.66. The van der Waals surface area contributed by atoms with Gasteiger partial charge >= 0.3 is 30.4 Å². The molecule has 25 heteroatoms. The standard InChI is InChI=1S/C38H40F8N4O7S.C2HF3O2/c1-20(2)30(32(51)38(44,45)46)49-33(52)29-17-24(31(58(55)56)23-12-14-25(57-3)15-13-23)19-50(29)34(53)28(16-21-8-10-22(18-47)11-9-21)48-35(54)36(39,40)26-6-4-5-7-27(26)37(41,42)43;3-2(4,5)1(6)7/h4-15,20,24,28-31,58H,16-19,47H2,1-3H3,(H,48,54)(H,49,52);(H,6,7)/t24-,28+,29+,30+,31?;/m1./s1. The summed E-state index contributed by atoms with van der Waals surface area (Å²) in [5, 5.41) is 9.51. The predicted octanol–water partition coefficient (Wildman–Crippen LogP) is 5.47. The van der Waals surface area contributed by atoms with Crippen LogP contribution in [-0.2, 0) is 59.7 Å². The van der Waals surface area contributed by atoms with Crippen molar-refractivity contribution >= 4 is 40.2 Å². The number of aliphatic carboxylic acids is 1. The third-order valence-electron chi connectivity index (χ3n) is 9.98. The Balaban J connectivity index is 0.00000148. The molecule has 0 aliphatic carbocycles. The molecule has 0 radical (unpaired) electrons. The van der Waals surface area contributed by atoms with Gasteiger partial charge < -0.3 is 31.1 Å². The predicted molar refractivity (Wildman–Crippen MR) is 206 cm³/mol. The van der Waals surface area contributed by atoms with Crippen molar-refractivity contribution in [2.75, 3.05) is 13.7 Å². The molecule has 1 saturated heterocycles. The van der Waals surface area contributed by atoms with Crippen LogP contribution < -0.4 is 21.1 Å². The van der Waals surface area contributed by atoms with E-state index in [0.717, 1.165) is 12.1 Å². The SMILES string of the molecule is COc1ccc(C([C@@H]2C[C@@H](C(=O)N[C@H](C(=O)C(F)(F)F)C(C)C)N(C(=O)[C@H](Cc3ccc(CN)cc3)NC(=O)C(F)(F)c3ccccc3C(F)(F)F)C2)[SH](=O)=O)cc1.O=C(O)C(F)(F)F. The van der Waals surface area contributed by atoms with Crippen LogP contribution in [0.15, 0.2) is 72.8 Å². The Morgan fingerprint density at radius 2 is 1.32 bits per heavy atom. The quantitative estimate of drug-likeness (QED) is 0.0962. The second kappa shape index (κ2) is 21.4. The molecule has 1 unspecified atom stereocenters. The Kier molecular flexibility index (Phi) is 17.6. The van der Waals surface area contributed by atoms with Crippen molar-refractivity contribution in [3.05, 3.63) is 101 Å². The fraction of sp³-hybridized carbons (Fsp3) is 0.425. The third-order valence-corrected chi connectivity index (χ3v) is 11.2. The Bertz CT molecular complexity index is 2240. The number of thiol groups is 1. The van der Waals surface area contributed by atoms with Gasteiger partial charge in [-0.05, 0) is 53.1 Å². The van der Waals surface area contributed by atoms with Crippen molar-refractivity contribution in [1.82, 2.24) is 15.5 Å². The van der Waals surface area contributed by atoms with E-state index in [2.05, 4.69) is 0 Å². The fourth-order valence-corrected chi connectivity index (χ4v) is 7.72. The minimum Gasteiger partial charge on any atom is -0.497 e. The Morgan fingerprint density at radius 3 is 1.77 bits per heavy atom. The number of halogens is 11. The van der Waals surface area contributed by atoms with Crippen LogP contribution in [0.25, 0.3) is 0 Å². The lowest BCUT2D eigenvalue weighted by molar-refractivity contribution is -0.192. The number of ketones is 1. The molecule has 1 aliphatic heterocycles. The second-order valence-corrected chi connectivity index (χ2v) is 15.9. The summed E-state index contributed by atoms with van der Waals surface area (Å²) in [6.07, 6.45) is -17.0. The number of likely N-dealkylation sites (tertiary alicyclic amines) is 1. The molecule has 3 amide bonds. The van der Waals surface area contributed by atoms with Gasteiger partial charge in [0.25, 0.3) is 11.7 Å². The van der Waals surface area contributed by atoms with E-state index in [9.17, 15) is 67.1 Å². The number of alkyl halides is 11. The summed E-state index contributed by atoms with van der Waals surface area (Å²) < 4.78 is 176. The molecule has 0 bridgehead atoms. The summed E-state index contributed by atoms with van der Waals surface area (Å²) in [5.41, 5.74) is 3.05. The largest absolute Gasteiger partial charge is 0.497 e. The summed E-state index contributed by atoms with van der Waals surface area (Å²) in [5.74, 6) is -16.9. The normalized spacial score (nSPS) is 17.1. The number of amides is 3. The number of carbonyl (C=O) groups excluding carboxylic acids is 4. The summed E-state index contributed by atoms with van der Waals surface area (Å²) >= 11 is 0. The van der Waals surface area contributed by atoms with Crippen LogP contribution in [0.3, 0.4) is 0 Å². The van der Waals surface area contributed by atoms with E-state index >= 15 is 8.78 Å². The number of hydrogen-bond donors (Lipinski definition) is 5. The van der Waals surface area contributed by atoms with E-state index in [1.54, 1.807) is 0 Å². The van der Waals surface area contributed by atoms with Crippen LogP contribution in [0.1, 0.15) is 53.3 Å². The molecule has 1 heterocycles. The zero-order chi connectivity index (χ0) is 49.4. The minimum atomic E-state index is -5.40. The summed E-state index contributed by atoms with van der Waals surface area (Å²) in [7, 11) is -2.05. The number of nitrogens with zero attached hydrogens (tertiary/aromatic N) is 1. The van der Waals surface area contributed by atoms with E-state index in [4.69, 9.17) is 20.4 Å². The topological polar surface area (TPSA) is 202 Å². The maximum absolute atomic E-state index is 15.8. The van der Waals surface area contributed by atoms with E-state index in [1.807, 2.05) is 10.6 Å². The van der Waals surface area contributed by atoms with Gasteiger partial charge in [-0.1, -0.05) is 68.4 Å². The molecule has 3 aromatic rings. The average molecular weight is 963 g/mol. The highest BCUT2D eigenvalue weighted by Crippen LogP contribution is 2.41. The molecule has 0 saturated carbocycles. The summed E-state index contributed by atoms with van der Waals surface area (Å²) in [6, 6.07) is 7.78. The molecular weight excluding hydrogens is 922 g/mol. The molecule has 4 rings (SSSR count). The van der Waals surface area contributed by atoms with Crippen molar-refractivity contribution in [3.8, 4) is 5.75 Å². The van der Waals surface area contributed by atoms with Crippen LogP contribution in [0.4, 0.5) is 48.3 Å². The first-order valence-corrected chi connectivity index (χ1v) is 20.1. The zero-order valence-corrected chi connectivity index (χ0v) is 35.0. The van der Waals surface area contributed by atoms with Crippen LogP contribution in [-0.4, -0.2) is 92.0 Å². The van der Waals surface area contributed by atoms with Crippen LogP contribution in [0.2, 0.25) is 0 Å². The van der Waals surface area contributed by atoms with Gasteiger partial charge in [-0.25, -0.2) is 13.2 Å². The molecule has 3 aromatic carbocycles. The van der Waals surface area contributed by atoms with Crippen molar-refractivity contribution in [3.63, 3.8) is 0 Å². The van der Waals surface area contributed by atoms with Crippen molar-refractivity contribution in [2.45, 2.75) is 81.1 Å². The number of hydrogen-bond acceptors (Lipinski definition) is 9. The number of nitrogens with two attached hydrogens (primary N) is 1. The number of ether oxygens (including phenoxy) is 1. The lowest BCUT2D eigenvalue weighted by Gasteiger charge is -2.31. The Labute approximate surface area is 364 Å². The number of carboxylic acids is 1. The van der Waals surface area contributed by atoms with Crippen LogP contribution >= 0.6 is 0 Å². The second-order valence-electron chi connectivity index (χ2n) is 14.8. The molecule has 0 spiro atoms. The highest BCUT2D eigenvalue weighted by Gasteiger charge is 2.52. The molecule has 0 aromatic heterocycles. The lowest BCUT2D eigenvalue weighted by atomic mass is 9.95. The number of benzene rings is 3. The van der Waals surface area contributed by atoms with Crippen molar-refractivity contribution in [1.29, 1.82) is 0 Å². The number of nitrogens with one attached hydrogen (secondary N) is 2. The molecule has 5 atom stereocenters. The summed E-state index contributed by atoms with van der Waals surface area (Å²) in [4.78, 5) is 63.7. The summed E-state index contributed by atoms with van der Waals surface area (Å²) in [6.45, 7) is 1.84. The smallest absolute Gasteiger partial charge is 0.490 e. The van der Waals surface area contributed by atoms with Gasteiger partial charge in [0, 0.05) is 25.1 Å². The molecule has 65 heavy (non-hydrogen) atoms. The molecule has 1 fully saturated rings. The molecule has 358 valence electrons. The van der Waals surface area contributed by atoms with Crippen molar-refractivity contribution < 1.29 is 90.5 Å². The number of Topliss-reactive ketones (excluding diaryl/α,β-unsaturated/α-hetero) is 1. The van der Waals surface area contributed by atoms with Gasteiger partial charge in [-0.3, -0.25) is 19.2 Å². The van der Waals surface area contributed by atoms with Gasteiger partial charge in [0.15, 0.2) is 0 Å². The number of rotatable bonds is 15. The van der Waals surface area contributed by atoms with Gasteiger partial charge in [0.05, 0.1) is 24.0 Å². The fourth-order valence-electron chi connectivity index (χ4n) is 6.74. The van der Waals surface area contributed by atoms with Gasteiger partial charge in [0.2, 0.25) is 11.8 Å². The molecule has 1 aliphatic rings. The number of carboxylic acid groups (broad SMARTS) is 1.